The molecule has 6 heteroatoms. The minimum Gasteiger partial charge on any atom is -0.508 e. The van der Waals surface area contributed by atoms with Gasteiger partial charge in [-0.05, 0) is 47.7 Å². The van der Waals surface area contributed by atoms with E-state index in [1.54, 1.807) is 24.3 Å². The number of carbonyl (C=O) groups excluding carboxylic acids is 1. The van der Waals surface area contributed by atoms with E-state index in [0.29, 0.717) is 10.1 Å². The number of fused-ring (bicyclic) bond motifs is 3. The summed E-state index contributed by atoms with van der Waals surface area (Å²) < 4.78 is 2.06. The fraction of sp³-hybridized carbons (Fsp3) is 0. The Morgan fingerprint density at radius 3 is 2.29 bits per heavy atom. The molecule has 0 unspecified atom stereocenters. The van der Waals surface area contributed by atoms with E-state index in [-0.39, 0.29) is 11.7 Å². The van der Waals surface area contributed by atoms with Crippen LogP contribution in [-0.4, -0.2) is 20.7 Å². The first-order chi connectivity index (χ1) is 13.7. The van der Waals surface area contributed by atoms with Crippen LogP contribution < -0.4 is 5.43 Å². The third-order valence-corrected chi connectivity index (χ3v) is 5.60. The smallest absolute Gasteiger partial charge is 0.278 e. The van der Waals surface area contributed by atoms with Crippen LogP contribution in [0.5, 0.6) is 5.75 Å². The summed E-state index contributed by atoms with van der Waals surface area (Å²) >= 11 is 1.31. The minimum absolute atomic E-state index is 0.159. The van der Waals surface area contributed by atoms with Crippen molar-refractivity contribution in [3.63, 3.8) is 0 Å². The van der Waals surface area contributed by atoms with E-state index in [1.165, 1.54) is 11.8 Å². The SMILES string of the molecule is O=C1NN=C(n2c3ccccc3c3ccccc32)S/C1=C/c1cccc(O)c1. The van der Waals surface area contributed by atoms with Crippen LogP contribution in [0.1, 0.15) is 5.56 Å². The lowest BCUT2D eigenvalue weighted by atomic mass is 10.2. The van der Waals surface area contributed by atoms with Crippen LogP contribution in [0.4, 0.5) is 0 Å². The topological polar surface area (TPSA) is 66.6 Å². The van der Waals surface area contributed by atoms with Crippen molar-refractivity contribution in [2.45, 2.75) is 0 Å². The van der Waals surface area contributed by atoms with Gasteiger partial charge in [-0.25, -0.2) is 5.43 Å². The first-order valence-electron chi connectivity index (χ1n) is 8.76. The maximum absolute atomic E-state index is 12.3. The van der Waals surface area contributed by atoms with E-state index >= 15 is 0 Å². The summed E-state index contributed by atoms with van der Waals surface area (Å²) in [6.45, 7) is 0. The molecule has 0 aliphatic carbocycles. The van der Waals surface area contributed by atoms with Crippen molar-refractivity contribution in [1.82, 2.24) is 9.99 Å². The highest BCUT2D eigenvalue weighted by atomic mass is 32.2. The van der Waals surface area contributed by atoms with E-state index in [9.17, 15) is 9.90 Å². The maximum atomic E-state index is 12.3. The normalized spacial score (nSPS) is 15.8. The molecular formula is C22H15N3O2S. The highest BCUT2D eigenvalue weighted by Crippen LogP contribution is 2.33. The molecule has 1 amide bonds. The summed E-state index contributed by atoms with van der Waals surface area (Å²) in [6.07, 6.45) is 1.75. The molecule has 1 aliphatic heterocycles. The van der Waals surface area contributed by atoms with Gasteiger partial charge in [0.15, 0.2) is 5.17 Å². The number of amides is 1. The van der Waals surface area contributed by atoms with Crippen molar-refractivity contribution in [3.05, 3.63) is 83.3 Å². The molecule has 0 saturated heterocycles. The lowest BCUT2D eigenvalue weighted by Crippen LogP contribution is -2.27. The highest BCUT2D eigenvalue weighted by Gasteiger charge is 2.23. The lowest BCUT2D eigenvalue weighted by molar-refractivity contribution is -0.116. The minimum atomic E-state index is -0.266. The monoisotopic (exact) mass is 385 g/mol. The Kier molecular flexibility index (Phi) is 3.91. The number of nitrogens with one attached hydrogen (secondary N) is 1. The van der Waals surface area contributed by atoms with E-state index in [2.05, 4.69) is 27.2 Å². The van der Waals surface area contributed by atoms with E-state index in [4.69, 9.17) is 0 Å². The maximum Gasteiger partial charge on any atom is 0.278 e. The molecule has 3 aromatic carbocycles. The van der Waals surface area contributed by atoms with Crippen LogP contribution >= 0.6 is 11.8 Å². The summed E-state index contributed by atoms with van der Waals surface area (Å²) in [6, 6.07) is 23.1. The van der Waals surface area contributed by atoms with Crippen LogP contribution in [0.15, 0.2) is 82.8 Å². The van der Waals surface area contributed by atoms with Crippen LogP contribution in [0, 0.1) is 0 Å². The fourth-order valence-electron chi connectivity index (χ4n) is 3.41. The van der Waals surface area contributed by atoms with Gasteiger partial charge in [0.25, 0.3) is 5.91 Å². The first kappa shape index (κ1) is 16.6. The summed E-state index contributed by atoms with van der Waals surface area (Å²) in [5.41, 5.74) is 5.42. The number of phenols is 1. The molecule has 0 atom stereocenters. The molecule has 5 rings (SSSR count). The van der Waals surface area contributed by atoms with E-state index < -0.39 is 0 Å². The molecule has 136 valence electrons. The predicted molar refractivity (Wildman–Crippen MR) is 114 cm³/mol. The first-order valence-corrected chi connectivity index (χ1v) is 9.57. The number of benzene rings is 3. The Bertz CT molecular complexity index is 1250. The Morgan fingerprint density at radius 2 is 1.61 bits per heavy atom. The predicted octanol–water partition coefficient (Wildman–Crippen LogP) is 4.52. The van der Waals surface area contributed by atoms with Gasteiger partial charge in [-0.15, -0.1) is 5.10 Å². The van der Waals surface area contributed by atoms with Crippen molar-refractivity contribution in [3.8, 4) is 5.75 Å². The molecule has 4 aromatic rings. The van der Waals surface area contributed by atoms with Crippen LogP contribution in [0.2, 0.25) is 0 Å². The van der Waals surface area contributed by atoms with Gasteiger partial charge >= 0.3 is 0 Å². The third-order valence-electron chi connectivity index (χ3n) is 4.62. The number of hydrazone groups is 1. The number of thioether (sulfide) groups is 1. The van der Waals surface area contributed by atoms with Crippen molar-refractivity contribution in [2.75, 3.05) is 0 Å². The fourth-order valence-corrected chi connectivity index (χ4v) is 4.32. The standard InChI is InChI=1S/C22H15N3O2S/c26-15-7-5-6-14(12-15)13-20-21(27)23-24-22(28-20)25-18-10-3-1-8-16(18)17-9-2-4-11-19(17)25/h1-13,26H,(H,23,27)/b20-13+. The van der Waals surface area contributed by atoms with Gasteiger partial charge < -0.3 is 5.11 Å². The molecule has 2 N–H and O–H groups in total. The molecular weight excluding hydrogens is 370 g/mol. The average molecular weight is 385 g/mol. The second kappa shape index (κ2) is 6.58. The quantitative estimate of drug-likeness (QED) is 0.473. The zero-order valence-electron chi connectivity index (χ0n) is 14.7. The molecule has 0 fully saturated rings. The Morgan fingerprint density at radius 1 is 0.929 bits per heavy atom. The summed E-state index contributed by atoms with van der Waals surface area (Å²) in [7, 11) is 0. The van der Waals surface area contributed by atoms with Crippen molar-refractivity contribution in [1.29, 1.82) is 0 Å². The van der Waals surface area contributed by atoms with Crippen molar-refractivity contribution >= 4 is 50.7 Å². The average Bonchev–Trinajstić information content (AvgIpc) is 3.04. The molecule has 5 nitrogen and oxygen atoms in total. The number of para-hydroxylation sites is 2. The Hall–Kier alpha value is -3.51. The van der Waals surface area contributed by atoms with Gasteiger partial charge in [-0.3, -0.25) is 9.36 Å². The molecule has 0 bridgehead atoms. The number of carbonyl (C=O) groups is 1. The van der Waals surface area contributed by atoms with Gasteiger partial charge in [0.1, 0.15) is 5.75 Å². The molecule has 0 spiro atoms. The molecule has 2 heterocycles. The number of hydrogen-bond donors (Lipinski definition) is 2. The number of aromatic hydroxyl groups is 1. The van der Waals surface area contributed by atoms with E-state index in [0.717, 1.165) is 27.4 Å². The number of nitrogens with zero attached hydrogens (tertiary/aromatic N) is 2. The molecule has 1 aromatic heterocycles. The summed E-state index contributed by atoms with van der Waals surface area (Å²) in [5, 5.41) is 16.9. The summed E-state index contributed by atoms with van der Waals surface area (Å²) in [4.78, 5) is 12.9. The zero-order chi connectivity index (χ0) is 19.1. The second-order valence-corrected chi connectivity index (χ2v) is 7.42. The van der Waals surface area contributed by atoms with Gasteiger partial charge in [0.2, 0.25) is 0 Å². The lowest BCUT2D eigenvalue weighted by Gasteiger charge is -2.17. The van der Waals surface area contributed by atoms with Gasteiger partial charge in [-0.2, -0.15) is 0 Å². The van der Waals surface area contributed by atoms with Crippen LogP contribution in [0.25, 0.3) is 27.9 Å². The molecule has 28 heavy (non-hydrogen) atoms. The van der Waals surface area contributed by atoms with Crippen LogP contribution in [-0.2, 0) is 4.79 Å². The van der Waals surface area contributed by atoms with Gasteiger partial charge in [-0.1, -0.05) is 48.5 Å². The number of hydrogen-bond acceptors (Lipinski definition) is 4. The largest absolute Gasteiger partial charge is 0.508 e. The highest BCUT2D eigenvalue weighted by molar-refractivity contribution is 8.18. The zero-order valence-corrected chi connectivity index (χ0v) is 15.5. The van der Waals surface area contributed by atoms with E-state index in [1.807, 2.05) is 42.5 Å². The second-order valence-electron chi connectivity index (χ2n) is 6.41. The van der Waals surface area contributed by atoms with Crippen LogP contribution in [0.3, 0.4) is 0 Å². The Labute approximate surface area is 165 Å². The third kappa shape index (κ3) is 2.75. The summed E-state index contributed by atoms with van der Waals surface area (Å²) in [5.74, 6) is -0.107. The Balaban J connectivity index is 1.65. The van der Waals surface area contributed by atoms with Gasteiger partial charge in [0.05, 0.1) is 15.9 Å². The molecule has 0 radical (unpaired) electrons. The number of phenolic OH excluding ortho intramolecular Hbond substituents is 1. The van der Waals surface area contributed by atoms with Crippen molar-refractivity contribution in [2.24, 2.45) is 5.10 Å². The number of rotatable bonds is 1. The number of aromatic nitrogens is 1. The molecule has 0 saturated carbocycles. The molecule has 1 aliphatic rings. The van der Waals surface area contributed by atoms with Gasteiger partial charge in [0, 0.05) is 10.8 Å². The van der Waals surface area contributed by atoms with Crippen molar-refractivity contribution < 1.29 is 9.90 Å².